The van der Waals surface area contributed by atoms with Gasteiger partial charge >= 0.3 is 0 Å². The average Bonchev–Trinajstić information content (AvgIpc) is 0.965. The second-order valence-corrected chi connectivity index (χ2v) is 24.5. The van der Waals surface area contributed by atoms with Crippen molar-refractivity contribution in [2.24, 2.45) is 0 Å². The Balaban J connectivity index is 7.26. The molecular formula is C63H128O43. The van der Waals surface area contributed by atoms with Crippen LogP contribution in [0.1, 0.15) is 0 Å². The van der Waals surface area contributed by atoms with Crippen LogP contribution >= 0.6 is 0 Å². The van der Waals surface area contributed by atoms with E-state index in [1.165, 1.54) is 0 Å². The molecule has 21 atom stereocenters. The van der Waals surface area contributed by atoms with Crippen molar-refractivity contribution in [2.75, 3.05) is 277 Å². The smallest absolute Gasteiger partial charge is 0.104 e. The van der Waals surface area contributed by atoms with E-state index in [0.29, 0.717) is 0 Å². The molecule has 43 heteroatoms. The lowest BCUT2D eigenvalue weighted by Gasteiger charge is -2.27. The molecule has 21 unspecified atom stereocenters. The first kappa shape index (κ1) is 104. The maximum atomic E-state index is 11.1. The van der Waals surface area contributed by atoms with Gasteiger partial charge in [-0.15, -0.1) is 0 Å². The number of aliphatic hydroxyl groups is 23. The molecule has 0 rings (SSSR count). The Kier molecular flexibility index (Phi) is 69.9. The highest BCUT2D eigenvalue weighted by atomic mass is 16.6. The number of rotatable bonds is 82. The Morgan fingerprint density at radius 2 is 0.226 bits per heavy atom. The summed E-state index contributed by atoms with van der Waals surface area (Å²) < 4.78 is 114. The van der Waals surface area contributed by atoms with Crippen molar-refractivity contribution >= 4 is 0 Å². The molecule has 43 nitrogen and oxygen atoms in total. The highest BCUT2D eigenvalue weighted by Gasteiger charge is 2.26. The Hall–Kier alpha value is -1.72. The summed E-state index contributed by atoms with van der Waals surface area (Å²) >= 11 is 0. The molecule has 0 saturated carbocycles. The van der Waals surface area contributed by atoms with Gasteiger partial charge in [-0.1, -0.05) is 0 Å². The van der Waals surface area contributed by atoms with E-state index in [2.05, 4.69) is 0 Å². The molecule has 0 aromatic rings. The molecule has 638 valence electrons. The van der Waals surface area contributed by atoms with Crippen molar-refractivity contribution in [1.29, 1.82) is 0 Å². The molecule has 0 aliphatic carbocycles. The fourth-order valence-corrected chi connectivity index (χ4v) is 7.82. The van der Waals surface area contributed by atoms with E-state index in [4.69, 9.17) is 115 Å². The molecule has 0 saturated heterocycles. The van der Waals surface area contributed by atoms with Crippen LogP contribution in [-0.4, -0.2) is 523 Å². The summed E-state index contributed by atoms with van der Waals surface area (Å²) in [5.41, 5.74) is 0. The first-order valence-electron chi connectivity index (χ1n) is 34.8. The van der Waals surface area contributed by atoms with Gasteiger partial charge in [0, 0.05) is 0 Å². The van der Waals surface area contributed by atoms with Gasteiger partial charge in [0.15, 0.2) is 0 Å². The van der Waals surface area contributed by atoms with Crippen molar-refractivity contribution < 1.29 is 212 Å². The van der Waals surface area contributed by atoms with Crippen molar-refractivity contribution in [2.45, 2.75) is 128 Å². The Labute approximate surface area is 616 Å². The van der Waals surface area contributed by atoms with Crippen molar-refractivity contribution in [3.63, 3.8) is 0 Å². The van der Waals surface area contributed by atoms with Crippen LogP contribution in [0.25, 0.3) is 0 Å². The molecular weight excluding hydrogens is 1440 g/mol. The number of hydrogen-bond acceptors (Lipinski definition) is 43. The van der Waals surface area contributed by atoms with Gasteiger partial charge < -0.3 is 212 Å². The van der Waals surface area contributed by atoms with Crippen LogP contribution in [0.4, 0.5) is 0 Å². The van der Waals surface area contributed by atoms with E-state index in [1.54, 1.807) is 0 Å². The van der Waals surface area contributed by atoms with Crippen LogP contribution in [-0.2, 0) is 94.7 Å². The molecule has 106 heavy (non-hydrogen) atoms. The van der Waals surface area contributed by atoms with Gasteiger partial charge in [0.25, 0.3) is 0 Å². The number of ether oxygens (including phenoxy) is 20. The molecule has 0 aliphatic rings. The minimum Gasteiger partial charge on any atom is -0.394 e. The summed E-state index contributed by atoms with van der Waals surface area (Å²) in [5.74, 6) is 0. The minimum absolute atomic E-state index is 0.232. The van der Waals surface area contributed by atoms with Crippen LogP contribution in [0.2, 0.25) is 0 Å². The van der Waals surface area contributed by atoms with Crippen LogP contribution in [0.3, 0.4) is 0 Å². The second kappa shape index (κ2) is 71.1. The fraction of sp³-hybridized carbons (Fsp3) is 1.00. The Morgan fingerprint density at radius 1 is 0.113 bits per heavy atom. The SMILES string of the molecule is OCC(O)COCC(O)COCC(COCC(COCC(COCC(COCC(O)CO)OCC(O)COCC(O)CO)OCC(O)CO)OCC(COCC(COCC(O)COCC(O)CO)OCC(O)COCC(O)CO)OCC(O)COCC(CO)OCC(O)CO)OCC(O)COCC(O)CO. The van der Waals surface area contributed by atoms with Gasteiger partial charge in [-0.25, -0.2) is 0 Å². The topological polar surface area (TPSA) is 650 Å². The predicted octanol–water partition coefficient (Wildman–Crippen LogP) is -14.1. The van der Waals surface area contributed by atoms with E-state index in [0.717, 1.165) is 0 Å². The van der Waals surface area contributed by atoms with E-state index >= 15 is 0 Å². The summed E-state index contributed by atoms with van der Waals surface area (Å²) in [6, 6.07) is 0. The third kappa shape index (κ3) is 62.8. The zero-order valence-electron chi connectivity index (χ0n) is 60.3. The van der Waals surface area contributed by atoms with Crippen molar-refractivity contribution in [1.82, 2.24) is 0 Å². The van der Waals surface area contributed by atoms with E-state index < -0.39 is 214 Å². The largest absolute Gasteiger partial charge is 0.394 e. The van der Waals surface area contributed by atoms with E-state index in [-0.39, 0.29) is 192 Å². The third-order valence-corrected chi connectivity index (χ3v) is 13.5. The Bertz CT molecular complexity index is 1840. The highest BCUT2D eigenvalue weighted by Crippen LogP contribution is 2.11. The summed E-state index contributed by atoms with van der Waals surface area (Å²) in [6.07, 6.45) is -24.7. The lowest BCUT2D eigenvalue weighted by molar-refractivity contribution is -0.151. The van der Waals surface area contributed by atoms with E-state index in [1.807, 2.05) is 0 Å². The van der Waals surface area contributed by atoms with Crippen LogP contribution in [0.15, 0.2) is 0 Å². The summed E-state index contributed by atoms with van der Waals surface area (Å²) in [5, 5.41) is 226. The van der Waals surface area contributed by atoms with Gasteiger partial charge in [0.05, 0.1) is 277 Å². The number of aliphatic hydroxyl groups excluding tert-OH is 23. The summed E-state index contributed by atoms with van der Waals surface area (Å²) in [7, 11) is 0. The van der Waals surface area contributed by atoms with Gasteiger partial charge in [-0.05, 0) is 0 Å². The second-order valence-electron chi connectivity index (χ2n) is 24.5. The van der Waals surface area contributed by atoms with E-state index in [9.17, 15) is 97.0 Å². The molecule has 0 bridgehead atoms. The maximum Gasteiger partial charge on any atom is 0.104 e. The lowest BCUT2D eigenvalue weighted by atomic mass is 10.3. The first-order chi connectivity index (χ1) is 51.0. The van der Waals surface area contributed by atoms with Crippen LogP contribution in [0.5, 0.6) is 0 Å². The standard InChI is InChI=1S/C63H128O43/c64-1-43(73)10-87-16-51(81)18-94-32-59(103-27-54(84)21-90-13-46(76)4-67)35-97-39-62(40-98-38-61(101-25-50(80)8-71)37-96-34-58(31-92-15-48(78)6-69)102-26-53(83)20-89-12-45(75)3-66)106-42-63(105-29-56(86)23-93-30-57(9-72)100-24-49(79)7-70)41-99-36-60(104-28-55(85)22-91-14-47(77)5-68)33-95-19-52(82)17-88-11-44(74)2-65/h43-86H,1-42H2. The molecule has 23 N–H and O–H groups in total. The van der Waals surface area contributed by atoms with Crippen molar-refractivity contribution in [3.05, 3.63) is 0 Å². The maximum absolute atomic E-state index is 11.1. The zero-order valence-corrected chi connectivity index (χ0v) is 60.3. The normalized spacial score (nSPS) is 18.4. The van der Waals surface area contributed by atoms with Crippen LogP contribution in [0, 0.1) is 0 Å². The average molecular weight is 1570 g/mol. The van der Waals surface area contributed by atoms with Gasteiger partial charge in [-0.2, -0.15) is 0 Å². The van der Waals surface area contributed by atoms with Gasteiger partial charge in [-0.3, -0.25) is 0 Å². The van der Waals surface area contributed by atoms with Crippen molar-refractivity contribution in [3.8, 4) is 0 Å². The van der Waals surface area contributed by atoms with Gasteiger partial charge in [0.1, 0.15) is 128 Å². The summed E-state index contributed by atoms with van der Waals surface area (Å²) in [4.78, 5) is 0. The molecule has 0 aliphatic heterocycles. The molecule has 0 radical (unpaired) electrons. The zero-order chi connectivity index (χ0) is 79.0. The molecule has 0 amide bonds. The third-order valence-electron chi connectivity index (χ3n) is 13.5. The highest BCUT2D eigenvalue weighted by molar-refractivity contribution is 4.71. The fourth-order valence-electron chi connectivity index (χ4n) is 7.82. The van der Waals surface area contributed by atoms with Crippen LogP contribution < -0.4 is 0 Å². The molecule has 0 heterocycles. The Morgan fingerprint density at radius 3 is 0.415 bits per heavy atom. The monoisotopic (exact) mass is 1570 g/mol. The summed E-state index contributed by atoms with van der Waals surface area (Å²) in [6.45, 7) is -16.2. The lowest BCUT2D eigenvalue weighted by Crippen LogP contribution is -2.39. The quantitative estimate of drug-likeness (QED) is 0.0269. The molecule has 0 spiro atoms. The minimum atomic E-state index is -1.37. The first-order valence-corrected chi connectivity index (χ1v) is 34.8. The van der Waals surface area contributed by atoms with Gasteiger partial charge in [0.2, 0.25) is 0 Å². The molecule has 0 fully saturated rings. The molecule has 0 aromatic heterocycles. The number of hydrogen-bond donors (Lipinski definition) is 23. The predicted molar refractivity (Wildman–Crippen MR) is 357 cm³/mol. The molecule has 0 aromatic carbocycles.